The fourth-order valence-corrected chi connectivity index (χ4v) is 3.87. The Hall–Kier alpha value is -3.85. The van der Waals surface area contributed by atoms with Crippen molar-refractivity contribution in [1.82, 2.24) is 9.80 Å². The van der Waals surface area contributed by atoms with Crippen LogP contribution >= 0.6 is 0 Å². The largest absolute Gasteiger partial charge is 0.496 e. The Balaban J connectivity index is 1.87. The van der Waals surface area contributed by atoms with Gasteiger partial charge in [-0.2, -0.15) is 0 Å². The van der Waals surface area contributed by atoms with Gasteiger partial charge in [0.1, 0.15) is 35.2 Å². The smallest absolute Gasteiger partial charge is 0.261 e. The van der Waals surface area contributed by atoms with Crippen LogP contribution in [0.3, 0.4) is 0 Å². The van der Waals surface area contributed by atoms with E-state index in [0.29, 0.717) is 36.9 Å². The molecule has 1 heterocycles. The number of ether oxygens (including phenoxy) is 3. The molecular weight excluding hydrogens is 479 g/mol. The predicted molar refractivity (Wildman–Crippen MR) is 136 cm³/mol. The van der Waals surface area contributed by atoms with E-state index < -0.39 is 0 Å². The second kappa shape index (κ2) is 14.0. The first-order chi connectivity index (χ1) is 18.0. The molecule has 37 heavy (non-hydrogen) atoms. The molecule has 0 N–H and O–H groups in total. The molecule has 0 unspecified atom stereocenters. The molecule has 2 amide bonds. The van der Waals surface area contributed by atoms with Crippen LogP contribution < -0.4 is 9.47 Å². The molecule has 0 fully saturated rings. The number of benzene rings is 2. The maximum absolute atomic E-state index is 13.7. The molecule has 0 bridgehead atoms. The van der Waals surface area contributed by atoms with E-state index in [1.54, 1.807) is 47.4 Å². The molecule has 3 aromatic rings. The average Bonchev–Trinajstić information content (AvgIpc) is 3.43. The van der Waals surface area contributed by atoms with Gasteiger partial charge < -0.3 is 28.4 Å². The summed E-state index contributed by atoms with van der Waals surface area (Å²) >= 11 is 0. The van der Waals surface area contributed by atoms with Crippen molar-refractivity contribution in [2.24, 2.45) is 0 Å². The van der Waals surface area contributed by atoms with Gasteiger partial charge in [-0.3, -0.25) is 9.59 Å². The van der Waals surface area contributed by atoms with Gasteiger partial charge in [0.15, 0.2) is 0 Å². The van der Waals surface area contributed by atoms with E-state index in [1.165, 1.54) is 37.5 Å². The van der Waals surface area contributed by atoms with Crippen LogP contribution in [0.15, 0.2) is 65.3 Å². The van der Waals surface area contributed by atoms with Gasteiger partial charge in [-0.15, -0.1) is 0 Å². The number of carbonyl (C=O) groups is 2. The Kier molecular flexibility index (Phi) is 10.5. The van der Waals surface area contributed by atoms with Crippen LogP contribution in [0.5, 0.6) is 11.5 Å². The molecule has 3 rings (SSSR count). The van der Waals surface area contributed by atoms with Gasteiger partial charge in [0.25, 0.3) is 5.91 Å². The highest BCUT2D eigenvalue weighted by molar-refractivity contribution is 6.01. The first-order valence-electron chi connectivity index (χ1n) is 12.1. The molecule has 0 saturated heterocycles. The lowest BCUT2D eigenvalue weighted by Crippen LogP contribution is -2.43. The highest BCUT2D eigenvalue weighted by atomic mass is 19.1. The molecule has 0 atom stereocenters. The van der Waals surface area contributed by atoms with Crippen molar-refractivity contribution in [2.45, 2.75) is 26.4 Å². The van der Waals surface area contributed by atoms with E-state index >= 15 is 0 Å². The lowest BCUT2D eigenvalue weighted by Gasteiger charge is -2.28. The monoisotopic (exact) mass is 512 g/mol. The molecule has 8 nitrogen and oxygen atoms in total. The third kappa shape index (κ3) is 7.82. The minimum Gasteiger partial charge on any atom is -0.496 e. The summed E-state index contributed by atoms with van der Waals surface area (Å²) in [4.78, 5) is 30.4. The highest BCUT2D eigenvalue weighted by Crippen LogP contribution is 2.29. The number of nitrogens with zero attached hydrogens (tertiary/aromatic N) is 2. The maximum atomic E-state index is 13.7. The van der Waals surface area contributed by atoms with Crippen molar-refractivity contribution >= 4 is 11.8 Å². The van der Waals surface area contributed by atoms with Gasteiger partial charge in [0.2, 0.25) is 5.91 Å². The number of methoxy groups -OCH3 is 2. The number of rotatable bonds is 14. The summed E-state index contributed by atoms with van der Waals surface area (Å²) in [5.74, 6) is 0.259. The third-order valence-corrected chi connectivity index (χ3v) is 5.74. The number of amides is 2. The summed E-state index contributed by atoms with van der Waals surface area (Å²) in [6.45, 7) is 3.42. The number of furan rings is 1. The SMILES string of the molecule is CCOCCCN(CC(=O)N(Cc1ccc(F)cc1)Cc1ccco1)C(=O)c1c(OC)cccc1OC. The van der Waals surface area contributed by atoms with E-state index in [4.69, 9.17) is 18.6 Å². The molecule has 1 aromatic heterocycles. The summed E-state index contributed by atoms with van der Waals surface area (Å²) in [5, 5.41) is 0. The number of hydrogen-bond donors (Lipinski definition) is 0. The van der Waals surface area contributed by atoms with E-state index in [0.717, 1.165) is 5.56 Å². The van der Waals surface area contributed by atoms with E-state index in [1.807, 2.05) is 6.92 Å². The number of carbonyl (C=O) groups excluding carboxylic acids is 2. The standard InChI is InChI=1S/C28H33FN2O6/c1-4-36-16-7-15-30(28(33)27-24(34-2)9-5-10-25(27)35-3)20-26(32)31(19-23-8-6-17-37-23)18-21-11-13-22(29)14-12-21/h5-6,8-14,17H,4,7,15-16,18-20H2,1-3H3. The van der Waals surface area contributed by atoms with Crippen molar-refractivity contribution in [3.8, 4) is 11.5 Å². The van der Waals surface area contributed by atoms with Crippen LogP contribution in [0, 0.1) is 5.82 Å². The molecule has 198 valence electrons. The Morgan fingerprint density at radius 2 is 1.62 bits per heavy atom. The summed E-state index contributed by atoms with van der Waals surface area (Å²) in [6.07, 6.45) is 2.08. The molecule has 0 aliphatic carbocycles. The fourth-order valence-electron chi connectivity index (χ4n) is 3.87. The molecule has 2 aromatic carbocycles. The second-order valence-electron chi connectivity index (χ2n) is 8.27. The lowest BCUT2D eigenvalue weighted by molar-refractivity contribution is -0.133. The van der Waals surface area contributed by atoms with E-state index in [2.05, 4.69) is 0 Å². The third-order valence-electron chi connectivity index (χ3n) is 5.74. The van der Waals surface area contributed by atoms with Crippen molar-refractivity contribution in [3.63, 3.8) is 0 Å². The quantitative estimate of drug-likeness (QED) is 0.295. The Labute approximate surface area is 216 Å². The predicted octanol–water partition coefficient (Wildman–Crippen LogP) is 4.53. The first kappa shape index (κ1) is 27.7. The summed E-state index contributed by atoms with van der Waals surface area (Å²) in [6, 6.07) is 14.5. The lowest BCUT2D eigenvalue weighted by atomic mass is 10.1. The zero-order valence-corrected chi connectivity index (χ0v) is 21.4. The van der Waals surface area contributed by atoms with Gasteiger partial charge in [0.05, 0.1) is 27.0 Å². The molecule has 9 heteroatoms. The molecule has 0 spiro atoms. The fraction of sp³-hybridized carbons (Fsp3) is 0.357. The van der Waals surface area contributed by atoms with E-state index in [9.17, 15) is 14.0 Å². The zero-order chi connectivity index (χ0) is 26.6. The normalized spacial score (nSPS) is 10.7. The van der Waals surface area contributed by atoms with E-state index in [-0.39, 0.29) is 49.4 Å². The van der Waals surface area contributed by atoms with Crippen molar-refractivity contribution < 1.29 is 32.6 Å². The molecule has 0 aliphatic heterocycles. The minimum atomic E-state index is -0.390. The van der Waals surface area contributed by atoms with Crippen molar-refractivity contribution in [3.05, 3.63) is 83.6 Å². The summed E-state index contributed by atoms with van der Waals surface area (Å²) in [7, 11) is 2.95. The Morgan fingerprint density at radius 1 is 0.919 bits per heavy atom. The van der Waals surface area contributed by atoms with Crippen LogP contribution in [0.4, 0.5) is 4.39 Å². The minimum absolute atomic E-state index is 0.186. The topological polar surface area (TPSA) is 81.5 Å². The zero-order valence-electron chi connectivity index (χ0n) is 21.4. The van der Waals surface area contributed by atoms with Gasteiger partial charge in [-0.1, -0.05) is 18.2 Å². The van der Waals surface area contributed by atoms with Crippen LogP contribution in [0.2, 0.25) is 0 Å². The van der Waals surface area contributed by atoms with Crippen LogP contribution in [-0.2, 0) is 22.6 Å². The number of hydrogen-bond acceptors (Lipinski definition) is 6. The van der Waals surface area contributed by atoms with Gasteiger partial charge >= 0.3 is 0 Å². The Morgan fingerprint density at radius 3 is 2.22 bits per heavy atom. The van der Waals surface area contributed by atoms with Crippen LogP contribution in [0.1, 0.15) is 35.0 Å². The highest BCUT2D eigenvalue weighted by Gasteiger charge is 2.27. The van der Waals surface area contributed by atoms with Crippen LogP contribution in [-0.4, -0.2) is 62.1 Å². The maximum Gasteiger partial charge on any atom is 0.261 e. The van der Waals surface area contributed by atoms with Gasteiger partial charge in [-0.05, 0) is 55.3 Å². The number of halogens is 1. The summed E-state index contributed by atoms with van der Waals surface area (Å²) in [5.41, 5.74) is 0.995. The van der Waals surface area contributed by atoms with Crippen molar-refractivity contribution in [1.29, 1.82) is 0 Å². The molecule has 0 radical (unpaired) electrons. The molecule has 0 saturated carbocycles. The van der Waals surface area contributed by atoms with Gasteiger partial charge in [0, 0.05) is 26.3 Å². The second-order valence-corrected chi connectivity index (χ2v) is 8.27. The average molecular weight is 513 g/mol. The van der Waals surface area contributed by atoms with Gasteiger partial charge in [-0.25, -0.2) is 4.39 Å². The molecule has 0 aliphatic rings. The molecular formula is C28H33FN2O6. The summed E-state index contributed by atoms with van der Waals surface area (Å²) < 4.78 is 35.2. The Bertz CT molecular complexity index is 1110. The van der Waals surface area contributed by atoms with Crippen molar-refractivity contribution in [2.75, 3.05) is 40.5 Å². The van der Waals surface area contributed by atoms with Crippen LogP contribution in [0.25, 0.3) is 0 Å². The first-order valence-corrected chi connectivity index (χ1v) is 12.1.